The summed E-state index contributed by atoms with van der Waals surface area (Å²) in [6.07, 6.45) is -0.0538. The van der Waals surface area contributed by atoms with Gasteiger partial charge in [-0.05, 0) is 0 Å². The molecule has 0 unspecified atom stereocenters. The van der Waals surface area contributed by atoms with Crippen LogP contribution in [0.15, 0.2) is 0 Å². The van der Waals surface area contributed by atoms with Gasteiger partial charge in [0.25, 0.3) is 0 Å². The van der Waals surface area contributed by atoms with Gasteiger partial charge >= 0.3 is 47.8 Å². The van der Waals surface area contributed by atoms with Gasteiger partial charge in [0, 0.05) is 157 Å². The molecule has 2 aliphatic rings. The maximum Gasteiger partial charge on any atom is 0.304 e. The van der Waals surface area contributed by atoms with Crippen LogP contribution in [0.3, 0.4) is 0 Å². The van der Waals surface area contributed by atoms with Crippen molar-refractivity contribution >= 4 is 47.8 Å². The number of hydrogen-bond acceptors (Lipinski definition) is 16. The molecule has 2 rings (SSSR count). The molecule has 0 radical (unpaired) electrons. The van der Waals surface area contributed by atoms with Crippen molar-refractivity contribution in [2.24, 2.45) is 0 Å². The fourth-order valence-corrected chi connectivity index (χ4v) is 6.98. The first-order chi connectivity index (χ1) is 30.3. The molecule has 0 aromatic carbocycles. The van der Waals surface area contributed by atoms with Crippen molar-refractivity contribution in [1.29, 1.82) is 0 Å². The lowest BCUT2D eigenvalue weighted by Crippen LogP contribution is -2.47. The summed E-state index contributed by atoms with van der Waals surface area (Å²) in [5.74, 6) is -7.14. The van der Waals surface area contributed by atoms with E-state index >= 15 is 0 Å². The number of aliphatic carboxylic acids is 8. The Morgan fingerprint density at radius 3 is 0.344 bits per heavy atom. The zero-order valence-electron chi connectivity index (χ0n) is 37.0. The SMILES string of the molecule is O=C(O)CCN1CCN(CCC(=O)O)CCN(CCC(=O)O)CCN(CCC(=O)O)CC1.O=C(O)CCN1CCN(CCC(=O)O)CCN(CCC(=O)O)CCN(CCC(=O)O)CC1. The van der Waals surface area contributed by atoms with Gasteiger partial charge in [0.1, 0.15) is 0 Å². The summed E-state index contributed by atoms with van der Waals surface area (Å²) in [4.78, 5) is 104. The number of carboxylic acid groups (broad SMARTS) is 8. The monoisotopic (exact) mass is 921 g/mol. The summed E-state index contributed by atoms with van der Waals surface area (Å²) < 4.78 is 0. The van der Waals surface area contributed by atoms with Gasteiger partial charge in [-0.1, -0.05) is 0 Å². The zero-order chi connectivity index (χ0) is 47.9. The van der Waals surface area contributed by atoms with Crippen LogP contribution in [0, 0.1) is 0 Å². The molecule has 368 valence electrons. The van der Waals surface area contributed by atoms with Crippen molar-refractivity contribution in [3.8, 4) is 0 Å². The van der Waals surface area contributed by atoms with Crippen LogP contribution in [0.4, 0.5) is 0 Å². The molecular formula is C40H72N8O16. The highest BCUT2D eigenvalue weighted by Gasteiger charge is 2.21. The number of carbonyl (C=O) groups is 8. The van der Waals surface area contributed by atoms with E-state index in [2.05, 4.69) is 0 Å². The van der Waals surface area contributed by atoms with Crippen LogP contribution in [0.5, 0.6) is 0 Å². The predicted molar refractivity (Wildman–Crippen MR) is 230 cm³/mol. The lowest BCUT2D eigenvalue weighted by molar-refractivity contribution is -0.138. The predicted octanol–water partition coefficient (Wildman–Crippen LogP) is -1.79. The summed E-state index contributed by atoms with van der Waals surface area (Å²) in [6.45, 7) is 11.9. The van der Waals surface area contributed by atoms with Crippen LogP contribution >= 0.6 is 0 Å². The number of nitrogens with zero attached hydrogens (tertiary/aromatic N) is 8. The van der Waals surface area contributed by atoms with Crippen molar-refractivity contribution in [3.05, 3.63) is 0 Å². The van der Waals surface area contributed by atoms with Gasteiger partial charge in [0.2, 0.25) is 0 Å². The van der Waals surface area contributed by atoms with E-state index in [-0.39, 0.29) is 51.4 Å². The summed E-state index contributed by atoms with van der Waals surface area (Å²) in [6, 6.07) is 0. The molecular weight excluding hydrogens is 848 g/mol. The van der Waals surface area contributed by atoms with E-state index in [1.807, 2.05) is 39.2 Å². The van der Waals surface area contributed by atoms with E-state index in [9.17, 15) is 38.4 Å². The van der Waals surface area contributed by atoms with Crippen LogP contribution in [0.25, 0.3) is 0 Å². The second-order valence-electron chi connectivity index (χ2n) is 15.9. The average molecular weight is 921 g/mol. The molecule has 24 nitrogen and oxygen atoms in total. The Morgan fingerprint density at radius 1 is 0.203 bits per heavy atom. The Hall–Kier alpha value is -4.56. The van der Waals surface area contributed by atoms with Crippen molar-refractivity contribution in [1.82, 2.24) is 39.2 Å². The lowest BCUT2D eigenvalue weighted by Gasteiger charge is -2.34. The normalized spacial score (nSPS) is 18.5. The number of hydrogen-bond donors (Lipinski definition) is 8. The van der Waals surface area contributed by atoms with Crippen LogP contribution in [-0.2, 0) is 38.4 Å². The van der Waals surface area contributed by atoms with Crippen molar-refractivity contribution in [3.63, 3.8) is 0 Å². The minimum Gasteiger partial charge on any atom is -0.481 e. The summed E-state index contributed by atoms with van der Waals surface area (Å²) in [5, 5.41) is 72.3. The second-order valence-corrected chi connectivity index (χ2v) is 15.9. The Balaban J connectivity index is 0.000000640. The molecule has 0 bridgehead atoms. The second kappa shape index (κ2) is 33.9. The summed E-state index contributed by atoms with van der Waals surface area (Å²) >= 11 is 0. The number of carboxylic acids is 8. The van der Waals surface area contributed by atoms with E-state index in [0.29, 0.717) is 157 Å². The quantitative estimate of drug-likeness (QED) is 0.0530. The van der Waals surface area contributed by atoms with Crippen molar-refractivity contribution < 1.29 is 79.2 Å². The van der Waals surface area contributed by atoms with Crippen molar-refractivity contribution in [2.45, 2.75) is 51.4 Å². The fraction of sp³-hybridized carbons (Fsp3) is 0.800. The molecule has 8 N–H and O–H groups in total. The standard InChI is InChI=1S/2C20H36N4O8/c2*25-17(26)1-5-21-9-11-22(6-2-18(27)28)13-15-24(8-4-20(31)32)16-14-23(12-10-21)7-3-19(29)30/h2*1-16H2,(H,25,26)(H,27,28)(H,29,30)(H,31,32). The molecule has 0 atom stereocenters. The molecule has 0 saturated carbocycles. The number of rotatable bonds is 24. The molecule has 2 saturated heterocycles. The first kappa shape index (κ1) is 57.5. The fourth-order valence-electron chi connectivity index (χ4n) is 6.98. The van der Waals surface area contributed by atoms with Gasteiger partial charge < -0.3 is 80.1 Å². The minimum atomic E-state index is -0.893. The third-order valence-electron chi connectivity index (χ3n) is 11.0. The van der Waals surface area contributed by atoms with E-state index < -0.39 is 47.8 Å². The topological polar surface area (TPSA) is 324 Å². The average Bonchev–Trinajstić information content (AvgIpc) is 3.20. The Labute approximate surface area is 374 Å². The highest BCUT2D eigenvalue weighted by atomic mass is 16.4. The minimum absolute atomic E-state index is 0.00673. The third kappa shape index (κ3) is 32.2. The van der Waals surface area contributed by atoms with Crippen LogP contribution in [0.2, 0.25) is 0 Å². The maximum absolute atomic E-state index is 11.0. The van der Waals surface area contributed by atoms with Crippen LogP contribution in [-0.4, -0.2) is 285 Å². The Morgan fingerprint density at radius 2 is 0.281 bits per heavy atom. The zero-order valence-corrected chi connectivity index (χ0v) is 37.0. The lowest BCUT2D eigenvalue weighted by atomic mass is 10.2. The van der Waals surface area contributed by atoms with E-state index in [1.54, 1.807) is 0 Å². The summed E-state index contributed by atoms with van der Waals surface area (Å²) in [7, 11) is 0. The van der Waals surface area contributed by atoms with Gasteiger partial charge in [0.05, 0.1) is 51.4 Å². The first-order valence-electron chi connectivity index (χ1n) is 21.8. The summed E-state index contributed by atoms with van der Waals surface area (Å²) in [5.41, 5.74) is 0. The molecule has 0 spiro atoms. The van der Waals surface area contributed by atoms with E-state index in [4.69, 9.17) is 40.9 Å². The van der Waals surface area contributed by atoms with E-state index in [0.717, 1.165) is 0 Å². The maximum atomic E-state index is 11.0. The molecule has 0 amide bonds. The van der Waals surface area contributed by atoms with Crippen molar-refractivity contribution in [2.75, 3.05) is 157 Å². The molecule has 2 heterocycles. The van der Waals surface area contributed by atoms with Crippen LogP contribution < -0.4 is 0 Å². The molecule has 64 heavy (non-hydrogen) atoms. The molecule has 0 aliphatic carbocycles. The Kier molecular flexibility index (Phi) is 30.4. The molecule has 2 aliphatic heterocycles. The Bertz CT molecular complexity index is 1100. The molecule has 0 aromatic heterocycles. The van der Waals surface area contributed by atoms with Gasteiger partial charge in [-0.3, -0.25) is 38.4 Å². The van der Waals surface area contributed by atoms with Gasteiger partial charge in [-0.15, -0.1) is 0 Å². The molecule has 24 heteroatoms. The third-order valence-corrected chi connectivity index (χ3v) is 11.0. The highest BCUT2D eigenvalue weighted by Crippen LogP contribution is 2.06. The highest BCUT2D eigenvalue weighted by molar-refractivity contribution is 5.69. The smallest absolute Gasteiger partial charge is 0.304 e. The van der Waals surface area contributed by atoms with E-state index in [1.165, 1.54) is 0 Å². The first-order valence-corrected chi connectivity index (χ1v) is 21.8. The van der Waals surface area contributed by atoms with Gasteiger partial charge in [-0.25, -0.2) is 0 Å². The van der Waals surface area contributed by atoms with Crippen LogP contribution in [0.1, 0.15) is 51.4 Å². The van der Waals surface area contributed by atoms with Gasteiger partial charge in [-0.2, -0.15) is 0 Å². The largest absolute Gasteiger partial charge is 0.481 e. The molecule has 0 aromatic rings. The molecule has 2 fully saturated rings. The van der Waals surface area contributed by atoms with Gasteiger partial charge in [0.15, 0.2) is 0 Å².